The average Bonchev–Trinajstić information content (AvgIpc) is 2.69. The topological polar surface area (TPSA) is 33.1 Å². The summed E-state index contributed by atoms with van der Waals surface area (Å²) in [5, 5.41) is 8.00. The summed E-state index contributed by atoms with van der Waals surface area (Å²) in [6.45, 7) is 7.72. The van der Waals surface area contributed by atoms with Gasteiger partial charge in [0, 0.05) is 25.7 Å². The molecule has 4 heteroatoms. The van der Waals surface area contributed by atoms with Gasteiger partial charge in [-0.25, -0.2) is 0 Å². The van der Waals surface area contributed by atoms with Crippen LogP contribution in [0.3, 0.4) is 0 Å². The number of nitrogens with one attached hydrogen (secondary N) is 1. The van der Waals surface area contributed by atoms with Gasteiger partial charge in [-0.2, -0.15) is 5.10 Å². The van der Waals surface area contributed by atoms with Crippen LogP contribution in [0.5, 0.6) is 0 Å². The molecule has 1 atom stereocenters. The molecule has 88 valence electrons. The molecule has 0 bridgehead atoms. The van der Waals surface area contributed by atoms with Crippen LogP contribution in [0, 0.1) is 6.92 Å². The van der Waals surface area contributed by atoms with E-state index in [9.17, 15) is 0 Å². The SMILES string of the molecule is Cc1cc2n(n1)CCN(C1CCCNC1)C2. The van der Waals surface area contributed by atoms with Crippen molar-refractivity contribution < 1.29 is 0 Å². The number of nitrogens with zero attached hydrogens (tertiary/aromatic N) is 3. The van der Waals surface area contributed by atoms with Gasteiger partial charge in [-0.15, -0.1) is 0 Å². The number of piperidine rings is 1. The molecule has 0 spiro atoms. The monoisotopic (exact) mass is 220 g/mol. The second kappa shape index (κ2) is 4.18. The van der Waals surface area contributed by atoms with Crippen molar-refractivity contribution in [3.05, 3.63) is 17.5 Å². The lowest BCUT2D eigenvalue weighted by atomic mass is 10.0. The van der Waals surface area contributed by atoms with Crippen molar-refractivity contribution in [1.29, 1.82) is 0 Å². The highest BCUT2D eigenvalue weighted by Gasteiger charge is 2.25. The molecule has 1 aromatic heterocycles. The predicted molar refractivity (Wildman–Crippen MR) is 63.3 cm³/mol. The van der Waals surface area contributed by atoms with E-state index in [2.05, 4.69) is 33.0 Å². The van der Waals surface area contributed by atoms with Crippen molar-refractivity contribution in [3.8, 4) is 0 Å². The van der Waals surface area contributed by atoms with Gasteiger partial charge in [0.25, 0.3) is 0 Å². The molecule has 1 N–H and O–H groups in total. The molecule has 3 heterocycles. The Labute approximate surface area is 96.6 Å². The summed E-state index contributed by atoms with van der Waals surface area (Å²) in [7, 11) is 0. The summed E-state index contributed by atoms with van der Waals surface area (Å²) in [5.74, 6) is 0. The van der Waals surface area contributed by atoms with Crippen molar-refractivity contribution in [2.45, 2.75) is 38.9 Å². The van der Waals surface area contributed by atoms with Crippen LogP contribution in [-0.2, 0) is 13.1 Å². The lowest BCUT2D eigenvalue weighted by molar-refractivity contribution is 0.128. The minimum Gasteiger partial charge on any atom is -0.315 e. The van der Waals surface area contributed by atoms with Crippen molar-refractivity contribution in [2.75, 3.05) is 19.6 Å². The summed E-state index contributed by atoms with van der Waals surface area (Å²) in [6, 6.07) is 2.96. The van der Waals surface area contributed by atoms with Crippen LogP contribution >= 0.6 is 0 Å². The molecule has 2 aliphatic rings. The summed E-state index contributed by atoms with van der Waals surface area (Å²) in [4.78, 5) is 2.61. The molecule has 1 fully saturated rings. The Hall–Kier alpha value is -0.870. The van der Waals surface area contributed by atoms with Crippen molar-refractivity contribution >= 4 is 0 Å². The molecule has 1 aromatic rings. The van der Waals surface area contributed by atoms with Crippen molar-refractivity contribution in [3.63, 3.8) is 0 Å². The van der Waals surface area contributed by atoms with Crippen LogP contribution < -0.4 is 5.32 Å². The van der Waals surface area contributed by atoms with E-state index in [1.54, 1.807) is 0 Å². The molecular formula is C12H20N4. The van der Waals surface area contributed by atoms with E-state index in [1.807, 2.05) is 0 Å². The lowest BCUT2D eigenvalue weighted by Gasteiger charge is -2.37. The normalized spacial score (nSPS) is 26.7. The average molecular weight is 220 g/mol. The molecule has 0 radical (unpaired) electrons. The summed E-state index contributed by atoms with van der Waals surface area (Å²) in [6.07, 6.45) is 2.67. The van der Waals surface area contributed by atoms with Crippen LogP contribution in [0.2, 0.25) is 0 Å². The number of aromatic nitrogens is 2. The predicted octanol–water partition coefficient (Wildman–Crippen LogP) is 0.759. The Bertz CT molecular complexity index is 365. The maximum Gasteiger partial charge on any atom is 0.0597 e. The molecule has 0 saturated carbocycles. The van der Waals surface area contributed by atoms with E-state index in [4.69, 9.17) is 0 Å². The first-order valence-electron chi connectivity index (χ1n) is 6.31. The van der Waals surface area contributed by atoms with Gasteiger partial charge in [-0.3, -0.25) is 9.58 Å². The highest BCUT2D eigenvalue weighted by Crippen LogP contribution is 2.18. The zero-order chi connectivity index (χ0) is 11.0. The standard InChI is InChI=1S/C12H20N4/c1-10-7-12-9-15(5-6-16(12)14-10)11-3-2-4-13-8-11/h7,11,13H,2-6,8-9H2,1H3. The molecule has 0 amide bonds. The molecule has 1 saturated heterocycles. The third-order valence-electron chi connectivity index (χ3n) is 3.74. The summed E-state index contributed by atoms with van der Waals surface area (Å²) >= 11 is 0. The second-order valence-electron chi connectivity index (χ2n) is 4.97. The van der Waals surface area contributed by atoms with Gasteiger partial charge < -0.3 is 5.32 Å². The quantitative estimate of drug-likeness (QED) is 0.758. The van der Waals surface area contributed by atoms with E-state index in [1.165, 1.54) is 25.1 Å². The fraction of sp³-hybridized carbons (Fsp3) is 0.750. The zero-order valence-corrected chi connectivity index (χ0v) is 9.95. The summed E-state index contributed by atoms with van der Waals surface area (Å²) in [5.41, 5.74) is 2.54. The third-order valence-corrected chi connectivity index (χ3v) is 3.74. The van der Waals surface area contributed by atoms with E-state index < -0.39 is 0 Å². The van der Waals surface area contributed by atoms with Gasteiger partial charge >= 0.3 is 0 Å². The Morgan fingerprint density at radius 3 is 3.19 bits per heavy atom. The first kappa shape index (κ1) is 10.3. The van der Waals surface area contributed by atoms with Gasteiger partial charge in [-0.05, 0) is 32.4 Å². The van der Waals surface area contributed by atoms with Crippen molar-refractivity contribution in [1.82, 2.24) is 20.0 Å². The van der Waals surface area contributed by atoms with Crippen LogP contribution in [-0.4, -0.2) is 40.4 Å². The number of hydrogen-bond donors (Lipinski definition) is 1. The fourth-order valence-electron chi connectivity index (χ4n) is 2.89. The first-order chi connectivity index (χ1) is 7.83. The zero-order valence-electron chi connectivity index (χ0n) is 9.95. The van der Waals surface area contributed by atoms with Gasteiger partial charge in [0.05, 0.1) is 17.9 Å². The van der Waals surface area contributed by atoms with Gasteiger partial charge in [0.2, 0.25) is 0 Å². The van der Waals surface area contributed by atoms with Crippen LogP contribution in [0.1, 0.15) is 24.2 Å². The lowest BCUT2D eigenvalue weighted by Crippen LogP contribution is -2.48. The number of aryl methyl sites for hydroxylation is 1. The molecule has 16 heavy (non-hydrogen) atoms. The van der Waals surface area contributed by atoms with Gasteiger partial charge in [-0.1, -0.05) is 0 Å². The minimum atomic E-state index is 0.734. The molecular weight excluding hydrogens is 200 g/mol. The fourth-order valence-corrected chi connectivity index (χ4v) is 2.89. The molecule has 3 rings (SSSR count). The maximum absolute atomic E-state index is 4.51. The summed E-state index contributed by atoms with van der Waals surface area (Å²) < 4.78 is 2.17. The molecule has 0 aliphatic carbocycles. The van der Waals surface area contributed by atoms with Crippen LogP contribution in [0.4, 0.5) is 0 Å². The van der Waals surface area contributed by atoms with E-state index in [-0.39, 0.29) is 0 Å². The second-order valence-corrected chi connectivity index (χ2v) is 4.97. The van der Waals surface area contributed by atoms with E-state index in [0.29, 0.717) is 0 Å². The molecule has 1 unspecified atom stereocenters. The largest absolute Gasteiger partial charge is 0.315 e. The first-order valence-corrected chi connectivity index (χ1v) is 6.31. The Balaban J connectivity index is 1.71. The highest BCUT2D eigenvalue weighted by atomic mass is 15.3. The molecule has 4 nitrogen and oxygen atoms in total. The van der Waals surface area contributed by atoms with Crippen molar-refractivity contribution in [2.24, 2.45) is 0 Å². The molecule has 0 aromatic carbocycles. The van der Waals surface area contributed by atoms with Gasteiger partial charge in [0.1, 0.15) is 0 Å². The van der Waals surface area contributed by atoms with Gasteiger partial charge in [0.15, 0.2) is 0 Å². The number of hydrogen-bond acceptors (Lipinski definition) is 3. The van der Waals surface area contributed by atoms with Crippen LogP contribution in [0.15, 0.2) is 6.07 Å². The Kier molecular flexibility index (Phi) is 2.69. The minimum absolute atomic E-state index is 0.734. The van der Waals surface area contributed by atoms with E-state index in [0.717, 1.165) is 37.9 Å². The van der Waals surface area contributed by atoms with Crippen LogP contribution in [0.25, 0.3) is 0 Å². The number of fused-ring (bicyclic) bond motifs is 1. The van der Waals surface area contributed by atoms with E-state index >= 15 is 0 Å². The Morgan fingerprint density at radius 1 is 1.44 bits per heavy atom. The Morgan fingerprint density at radius 2 is 2.38 bits per heavy atom. The third kappa shape index (κ3) is 1.87. The highest BCUT2D eigenvalue weighted by molar-refractivity contribution is 5.10. The number of rotatable bonds is 1. The maximum atomic E-state index is 4.51. The smallest absolute Gasteiger partial charge is 0.0597 e. The molecule has 2 aliphatic heterocycles.